The van der Waals surface area contributed by atoms with Crippen molar-refractivity contribution in [2.45, 2.75) is 39.5 Å². The van der Waals surface area contributed by atoms with E-state index in [1.165, 1.54) is 12.5 Å². The van der Waals surface area contributed by atoms with Gasteiger partial charge in [0, 0.05) is 18.3 Å². The molecule has 0 aromatic heterocycles. The number of carbonyl (C=O) groups excluding carboxylic acids is 2. The van der Waals surface area contributed by atoms with Crippen molar-refractivity contribution in [2.24, 2.45) is 0 Å². The normalized spacial score (nSPS) is 11.6. The first-order valence-electron chi connectivity index (χ1n) is 8.24. The second-order valence-corrected chi connectivity index (χ2v) is 6.03. The predicted octanol–water partition coefficient (Wildman–Crippen LogP) is 4.34. The van der Waals surface area contributed by atoms with Gasteiger partial charge < -0.3 is 10.6 Å². The molecule has 2 amide bonds. The molecule has 2 aromatic carbocycles. The molecule has 1 unspecified atom stereocenters. The minimum absolute atomic E-state index is 0.0569. The van der Waals surface area contributed by atoms with Gasteiger partial charge in [0.2, 0.25) is 11.8 Å². The molecule has 126 valence electrons. The highest BCUT2D eigenvalue weighted by atomic mass is 16.2. The summed E-state index contributed by atoms with van der Waals surface area (Å²) >= 11 is 0. The fraction of sp³-hybridized carbons (Fsp3) is 0.300. The number of rotatable bonds is 6. The largest absolute Gasteiger partial charge is 0.326 e. The van der Waals surface area contributed by atoms with Crippen LogP contribution in [0.15, 0.2) is 48.5 Å². The van der Waals surface area contributed by atoms with Gasteiger partial charge in [0.05, 0.1) is 6.42 Å². The van der Waals surface area contributed by atoms with Crippen LogP contribution in [0.5, 0.6) is 0 Å². The third-order valence-corrected chi connectivity index (χ3v) is 4.01. The van der Waals surface area contributed by atoms with Gasteiger partial charge in [-0.25, -0.2) is 0 Å². The third kappa shape index (κ3) is 5.23. The Morgan fingerprint density at radius 2 is 1.46 bits per heavy atom. The topological polar surface area (TPSA) is 58.2 Å². The summed E-state index contributed by atoms with van der Waals surface area (Å²) in [5, 5.41) is 5.62. The van der Waals surface area contributed by atoms with Gasteiger partial charge in [-0.1, -0.05) is 38.1 Å². The van der Waals surface area contributed by atoms with Crippen LogP contribution in [0.3, 0.4) is 0 Å². The lowest BCUT2D eigenvalue weighted by atomic mass is 9.98. The molecule has 2 aromatic rings. The summed E-state index contributed by atoms with van der Waals surface area (Å²) in [6.07, 6.45) is 1.40. The first-order chi connectivity index (χ1) is 11.5. The SMILES string of the molecule is CCC(C)c1ccc(NC(=O)Cc2ccc(NC(C)=O)cc2)cc1. The first kappa shape index (κ1) is 17.7. The van der Waals surface area contributed by atoms with Crippen LogP contribution < -0.4 is 10.6 Å². The molecule has 2 N–H and O–H groups in total. The molecule has 0 saturated carbocycles. The van der Waals surface area contributed by atoms with Crippen LogP contribution in [0, 0.1) is 0 Å². The molecular formula is C20H24N2O2. The maximum absolute atomic E-state index is 12.1. The van der Waals surface area contributed by atoms with E-state index in [-0.39, 0.29) is 11.8 Å². The van der Waals surface area contributed by atoms with Crippen molar-refractivity contribution < 1.29 is 9.59 Å². The minimum atomic E-state index is -0.110. The van der Waals surface area contributed by atoms with Crippen molar-refractivity contribution in [1.82, 2.24) is 0 Å². The molecule has 1 atom stereocenters. The van der Waals surface area contributed by atoms with Gasteiger partial charge in [0.15, 0.2) is 0 Å². The third-order valence-electron chi connectivity index (χ3n) is 4.01. The number of hydrogen-bond acceptors (Lipinski definition) is 2. The summed E-state index contributed by atoms with van der Waals surface area (Å²) in [5.74, 6) is 0.358. The van der Waals surface area contributed by atoms with Crippen LogP contribution in [0.4, 0.5) is 11.4 Å². The van der Waals surface area contributed by atoms with Gasteiger partial charge in [-0.05, 0) is 47.7 Å². The van der Waals surface area contributed by atoms with E-state index in [1.807, 2.05) is 24.3 Å². The quantitative estimate of drug-likeness (QED) is 0.830. The maximum atomic E-state index is 12.1. The Bertz CT molecular complexity index is 691. The molecule has 0 aliphatic rings. The van der Waals surface area contributed by atoms with Crippen molar-refractivity contribution in [2.75, 3.05) is 10.6 Å². The van der Waals surface area contributed by atoms with Crippen LogP contribution in [0.1, 0.15) is 44.2 Å². The number of carbonyl (C=O) groups is 2. The zero-order valence-electron chi connectivity index (χ0n) is 14.4. The average molecular weight is 324 g/mol. The zero-order valence-corrected chi connectivity index (χ0v) is 14.4. The Kier molecular flexibility index (Phi) is 6.13. The molecule has 0 saturated heterocycles. The predicted molar refractivity (Wildman–Crippen MR) is 98.2 cm³/mol. The van der Waals surface area contributed by atoms with Gasteiger partial charge in [-0.2, -0.15) is 0 Å². The minimum Gasteiger partial charge on any atom is -0.326 e. The van der Waals surface area contributed by atoms with Gasteiger partial charge in [-0.3, -0.25) is 9.59 Å². The molecule has 0 bridgehead atoms. The molecule has 24 heavy (non-hydrogen) atoms. The fourth-order valence-electron chi connectivity index (χ4n) is 2.43. The standard InChI is InChI=1S/C20H24N2O2/c1-4-14(2)17-7-11-19(12-8-17)22-20(24)13-16-5-9-18(10-6-16)21-15(3)23/h5-12,14H,4,13H2,1-3H3,(H,21,23)(H,22,24). The molecule has 4 nitrogen and oxygen atoms in total. The van der Waals surface area contributed by atoms with Crippen LogP contribution >= 0.6 is 0 Å². The number of benzene rings is 2. The molecule has 0 spiro atoms. The lowest BCUT2D eigenvalue weighted by Gasteiger charge is -2.11. The smallest absolute Gasteiger partial charge is 0.228 e. The summed E-state index contributed by atoms with van der Waals surface area (Å²) in [4.78, 5) is 23.1. The summed E-state index contributed by atoms with van der Waals surface area (Å²) < 4.78 is 0. The number of anilines is 2. The molecule has 0 fully saturated rings. The highest BCUT2D eigenvalue weighted by Crippen LogP contribution is 2.20. The summed E-state index contributed by atoms with van der Waals surface area (Å²) in [5.41, 5.74) is 3.72. The second kappa shape index (κ2) is 8.29. The lowest BCUT2D eigenvalue weighted by molar-refractivity contribution is -0.116. The first-order valence-corrected chi connectivity index (χ1v) is 8.24. The summed E-state index contributed by atoms with van der Waals surface area (Å²) in [6, 6.07) is 15.3. The van der Waals surface area contributed by atoms with E-state index in [4.69, 9.17) is 0 Å². The zero-order chi connectivity index (χ0) is 17.5. The second-order valence-electron chi connectivity index (χ2n) is 6.03. The van der Waals surface area contributed by atoms with Crippen LogP contribution in [0.2, 0.25) is 0 Å². The average Bonchev–Trinajstić information content (AvgIpc) is 2.56. The summed E-state index contributed by atoms with van der Waals surface area (Å²) in [7, 11) is 0. The van der Waals surface area contributed by atoms with Gasteiger partial charge in [0.1, 0.15) is 0 Å². The highest BCUT2D eigenvalue weighted by molar-refractivity contribution is 5.92. The van der Waals surface area contributed by atoms with Crippen molar-refractivity contribution in [3.8, 4) is 0 Å². The lowest BCUT2D eigenvalue weighted by Crippen LogP contribution is -2.14. The van der Waals surface area contributed by atoms with Crippen molar-refractivity contribution in [3.05, 3.63) is 59.7 Å². The monoisotopic (exact) mass is 324 g/mol. The van der Waals surface area contributed by atoms with Crippen molar-refractivity contribution >= 4 is 23.2 Å². The van der Waals surface area contributed by atoms with Crippen molar-refractivity contribution in [1.29, 1.82) is 0 Å². The van der Waals surface area contributed by atoms with Crippen LogP contribution in [-0.2, 0) is 16.0 Å². The van der Waals surface area contributed by atoms with Crippen molar-refractivity contribution in [3.63, 3.8) is 0 Å². The van der Waals surface area contributed by atoms with Gasteiger partial charge >= 0.3 is 0 Å². The maximum Gasteiger partial charge on any atom is 0.228 e. The van der Waals surface area contributed by atoms with Gasteiger partial charge in [0.25, 0.3) is 0 Å². The molecule has 0 heterocycles. The van der Waals surface area contributed by atoms with E-state index in [0.29, 0.717) is 12.3 Å². The van der Waals surface area contributed by atoms with E-state index >= 15 is 0 Å². The molecule has 0 aliphatic carbocycles. The number of amides is 2. The highest BCUT2D eigenvalue weighted by Gasteiger charge is 2.06. The van der Waals surface area contributed by atoms with E-state index in [0.717, 1.165) is 23.4 Å². The molecule has 4 heteroatoms. The number of nitrogens with one attached hydrogen (secondary N) is 2. The van der Waals surface area contributed by atoms with Gasteiger partial charge in [-0.15, -0.1) is 0 Å². The van der Waals surface area contributed by atoms with E-state index in [9.17, 15) is 9.59 Å². The fourth-order valence-corrected chi connectivity index (χ4v) is 2.43. The number of hydrogen-bond donors (Lipinski definition) is 2. The van der Waals surface area contributed by atoms with E-state index < -0.39 is 0 Å². The van der Waals surface area contributed by atoms with Crippen LogP contribution in [0.25, 0.3) is 0 Å². The Morgan fingerprint density at radius 3 is 2.00 bits per heavy atom. The van der Waals surface area contributed by atoms with E-state index in [2.05, 4.69) is 36.6 Å². The van der Waals surface area contributed by atoms with E-state index in [1.54, 1.807) is 12.1 Å². The summed E-state index contributed by atoms with van der Waals surface area (Å²) in [6.45, 7) is 5.82. The Morgan fingerprint density at radius 1 is 0.917 bits per heavy atom. The molecule has 2 rings (SSSR count). The van der Waals surface area contributed by atoms with Crippen LogP contribution in [-0.4, -0.2) is 11.8 Å². The Balaban J connectivity index is 1.92. The Hall–Kier alpha value is -2.62. The Labute approximate surface area is 143 Å². The molecule has 0 radical (unpaired) electrons. The molecule has 0 aliphatic heterocycles. The molecular weight excluding hydrogens is 300 g/mol.